The van der Waals surface area contributed by atoms with Gasteiger partial charge in [-0.25, -0.2) is 0 Å². The highest BCUT2D eigenvalue weighted by Gasteiger charge is 2.16. The lowest BCUT2D eigenvalue weighted by Crippen LogP contribution is -2.11. The van der Waals surface area contributed by atoms with Gasteiger partial charge in [0.25, 0.3) is 0 Å². The largest absolute Gasteiger partial charge is 0.389 e. The summed E-state index contributed by atoms with van der Waals surface area (Å²) in [6, 6.07) is 0. The van der Waals surface area contributed by atoms with Crippen LogP contribution in [-0.2, 0) is 13.5 Å². The van der Waals surface area contributed by atoms with Crippen LogP contribution >= 0.6 is 11.6 Å². The lowest BCUT2D eigenvalue weighted by atomic mass is 9.94. The first kappa shape index (κ1) is 11.7. The Morgan fingerprint density at radius 3 is 2.94 bits per heavy atom. The quantitative estimate of drug-likeness (QED) is 0.807. The molecule has 0 fully saturated rings. The molecule has 16 heavy (non-hydrogen) atoms. The van der Waals surface area contributed by atoms with Gasteiger partial charge in [-0.15, -0.1) is 0 Å². The third kappa shape index (κ3) is 2.30. The summed E-state index contributed by atoms with van der Waals surface area (Å²) in [5, 5.41) is 14.6. The van der Waals surface area contributed by atoms with Gasteiger partial charge in [0, 0.05) is 13.5 Å². The normalized spacial score (nSPS) is 21.0. The number of hydrogen-bond acceptors (Lipinski definition) is 2. The minimum absolute atomic E-state index is 0.281. The van der Waals surface area contributed by atoms with Crippen molar-refractivity contribution in [3.8, 4) is 0 Å². The number of halogens is 1. The zero-order valence-electron chi connectivity index (χ0n) is 9.70. The third-order valence-electron chi connectivity index (χ3n) is 3.08. The van der Waals surface area contributed by atoms with E-state index in [0.29, 0.717) is 0 Å². The van der Waals surface area contributed by atoms with Crippen LogP contribution in [0.3, 0.4) is 0 Å². The number of hydrogen-bond donors (Lipinski definition) is 1. The van der Waals surface area contributed by atoms with Gasteiger partial charge in [-0.2, -0.15) is 5.10 Å². The van der Waals surface area contributed by atoms with Gasteiger partial charge >= 0.3 is 0 Å². The molecule has 2 rings (SSSR count). The molecule has 0 aliphatic heterocycles. The van der Waals surface area contributed by atoms with Crippen molar-refractivity contribution in [2.75, 3.05) is 0 Å². The second kappa shape index (κ2) is 4.60. The van der Waals surface area contributed by atoms with E-state index in [1.165, 1.54) is 5.57 Å². The molecule has 1 aliphatic rings. The van der Waals surface area contributed by atoms with Crippen molar-refractivity contribution in [1.82, 2.24) is 9.78 Å². The molecular formula is C12H17ClN2O. The molecule has 0 saturated heterocycles. The Hall–Kier alpha value is -0.800. The molecule has 3 nitrogen and oxygen atoms in total. The lowest BCUT2D eigenvalue weighted by molar-refractivity contribution is 0.201. The fourth-order valence-electron chi connectivity index (χ4n) is 2.21. The number of rotatable bonds is 2. The van der Waals surface area contributed by atoms with Gasteiger partial charge in [0.05, 0.1) is 22.5 Å². The van der Waals surface area contributed by atoms with Gasteiger partial charge < -0.3 is 5.11 Å². The van der Waals surface area contributed by atoms with Crippen molar-refractivity contribution in [1.29, 1.82) is 0 Å². The molecule has 0 aromatic carbocycles. The van der Waals surface area contributed by atoms with Crippen LogP contribution in [0.15, 0.2) is 11.6 Å². The van der Waals surface area contributed by atoms with Gasteiger partial charge in [0.15, 0.2) is 0 Å². The molecular weight excluding hydrogens is 224 g/mol. The Kier molecular flexibility index (Phi) is 3.36. The maximum Gasteiger partial charge on any atom is 0.0850 e. The molecule has 1 N–H and O–H groups in total. The summed E-state index contributed by atoms with van der Waals surface area (Å²) in [7, 11) is 1.91. The number of allylic oxidation sites excluding steroid dienone is 1. The van der Waals surface area contributed by atoms with E-state index in [1.54, 1.807) is 0 Å². The number of aliphatic hydroxyl groups excluding tert-OH is 1. The average Bonchev–Trinajstić information content (AvgIpc) is 2.45. The first-order chi connectivity index (χ1) is 7.58. The smallest absolute Gasteiger partial charge is 0.0850 e. The summed E-state index contributed by atoms with van der Waals surface area (Å²) in [6.07, 6.45) is 5.47. The molecule has 1 heterocycles. The fraction of sp³-hybridized carbons (Fsp3) is 0.583. The number of aryl methyl sites for hydroxylation is 2. The maximum atomic E-state index is 9.57. The monoisotopic (exact) mass is 240 g/mol. The van der Waals surface area contributed by atoms with Crippen molar-refractivity contribution >= 4 is 11.6 Å². The minimum atomic E-state index is -0.281. The molecule has 1 atom stereocenters. The first-order valence-corrected chi connectivity index (χ1v) is 6.01. The van der Waals surface area contributed by atoms with Crippen molar-refractivity contribution in [3.63, 3.8) is 0 Å². The second-order valence-electron chi connectivity index (χ2n) is 4.43. The molecule has 0 radical (unpaired) electrons. The van der Waals surface area contributed by atoms with Crippen LogP contribution in [0.5, 0.6) is 0 Å². The van der Waals surface area contributed by atoms with E-state index in [1.807, 2.05) is 24.7 Å². The summed E-state index contributed by atoms with van der Waals surface area (Å²) in [4.78, 5) is 0. The zero-order valence-corrected chi connectivity index (χ0v) is 10.5. The number of nitrogens with zero attached hydrogens (tertiary/aromatic N) is 2. The molecule has 4 heteroatoms. The van der Waals surface area contributed by atoms with Crippen LogP contribution in [0.4, 0.5) is 0 Å². The molecule has 0 spiro atoms. The Morgan fingerprint density at radius 2 is 2.38 bits per heavy atom. The van der Waals surface area contributed by atoms with Crippen LogP contribution in [0, 0.1) is 6.92 Å². The van der Waals surface area contributed by atoms with Crippen LogP contribution in [0.1, 0.15) is 30.7 Å². The maximum absolute atomic E-state index is 9.57. The molecule has 1 aromatic heterocycles. The molecule has 0 amide bonds. The van der Waals surface area contributed by atoms with Crippen LogP contribution in [0.25, 0.3) is 0 Å². The van der Waals surface area contributed by atoms with Crippen LogP contribution in [-0.4, -0.2) is 21.0 Å². The van der Waals surface area contributed by atoms with E-state index in [9.17, 15) is 5.11 Å². The van der Waals surface area contributed by atoms with E-state index < -0.39 is 0 Å². The Bertz CT molecular complexity index is 423. The SMILES string of the molecule is Cc1nn(C)c(CC2=CC(O)CCC2)c1Cl. The van der Waals surface area contributed by atoms with Crippen molar-refractivity contribution in [2.45, 2.75) is 38.7 Å². The molecule has 0 bridgehead atoms. The average molecular weight is 241 g/mol. The summed E-state index contributed by atoms with van der Waals surface area (Å²) < 4.78 is 1.83. The highest BCUT2D eigenvalue weighted by atomic mass is 35.5. The molecule has 1 aromatic rings. The first-order valence-electron chi connectivity index (χ1n) is 5.63. The Balaban J connectivity index is 2.20. The van der Waals surface area contributed by atoms with Crippen molar-refractivity contribution < 1.29 is 5.11 Å². The van der Waals surface area contributed by atoms with Gasteiger partial charge in [-0.3, -0.25) is 4.68 Å². The van der Waals surface area contributed by atoms with Gasteiger partial charge in [0.2, 0.25) is 0 Å². The van der Waals surface area contributed by atoms with E-state index in [-0.39, 0.29) is 6.10 Å². The topological polar surface area (TPSA) is 38.0 Å². The van der Waals surface area contributed by atoms with E-state index in [0.717, 1.165) is 42.1 Å². The highest BCUT2D eigenvalue weighted by Crippen LogP contribution is 2.26. The summed E-state index contributed by atoms with van der Waals surface area (Å²) in [6.45, 7) is 1.91. The summed E-state index contributed by atoms with van der Waals surface area (Å²) in [5.74, 6) is 0. The summed E-state index contributed by atoms with van der Waals surface area (Å²) in [5.41, 5.74) is 3.18. The Labute approximate surface area is 101 Å². The van der Waals surface area contributed by atoms with Crippen molar-refractivity contribution in [3.05, 3.63) is 28.1 Å². The third-order valence-corrected chi connectivity index (χ3v) is 3.57. The van der Waals surface area contributed by atoms with Crippen LogP contribution in [0.2, 0.25) is 5.02 Å². The van der Waals surface area contributed by atoms with Gasteiger partial charge in [-0.1, -0.05) is 23.3 Å². The predicted octanol–water partition coefficient (Wildman–Crippen LogP) is 2.40. The van der Waals surface area contributed by atoms with Crippen LogP contribution < -0.4 is 0 Å². The molecule has 1 aliphatic carbocycles. The zero-order chi connectivity index (χ0) is 11.7. The molecule has 88 valence electrons. The molecule has 0 saturated carbocycles. The van der Waals surface area contributed by atoms with Gasteiger partial charge in [0.1, 0.15) is 0 Å². The second-order valence-corrected chi connectivity index (χ2v) is 4.81. The van der Waals surface area contributed by atoms with E-state index >= 15 is 0 Å². The fourth-order valence-corrected chi connectivity index (χ4v) is 2.44. The highest BCUT2D eigenvalue weighted by molar-refractivity contribution is 6.31. The predicted molar refractivity (Wildman–Crippen MR) is 64.6 cm³/mol. The minimum Gasteiger partial charge on any atom is -0.389 e. The summed E-state index contributed by atoms with van der Waals surface area (Å²) >= 11 is 6.20. The molecule has 1 unspecified atom stereocenters. The van der Waals surface area contributed by atoms with E-state index in [4.69, 9.17) is 11.6 Å². The van der Waals surface area contributed by atoms with Gasteiger partial charge in [-0.05, 0) is 26.2 Å². The Morgan fingerprint density at radius 1 is 1.62 bits per heavy atom. The number of aliphatic hydroxyl groups is 1. The van der Waals surface area contributed by atoms with E-state index in [2.05, 4.69) is 5.10 Å². The lowest BCUT2D eigenvalue weighted by Gasteiger charge is -2.17. The number of aromatic nitrogens is 2. The van der Waals surface area contributed by atoms with Crippen molar-refractivity contribution in [2.24, 2.45) is 7.05 Å². The standard InChI is InChI=1S/C12H17ClN2O/c1-8-12(13)11(15(2)14-8)7-9-4-3-5-10(16)6-9/h6,10,16H,3-5,7H2,1-2H3.